The largest absolute Gasteiger partial charge is 0.392 e. The summed E-state index contributed by atoms with van der Waals surface area (Å²) in [5, 5.41) is 0. The highest BCUT2D eigenvalue weighted by molar-refractivity contribution is 5.88. The molecule has 0 radical (unpaired) electrons. The summed E-state index contributed by atoms with van der Waals surface area (Å²) < 4.78 is 4.64. The molecule has 2 N–H and O–H groups in total. The number of unbranched alkanes of at least 4 members (excludes halogenated alkanes) is 15. The zero-order valence-electron chi connectivity index (χ0n) is 18.1. The summed E-state index contributed by atoms with van der Waals surface area (Å²) in [6.45, 7) is 3.93. The van der Waals surface area contributed by atoms with Gasteiger partial charge in [0, 0.05) is 6.42 Å². The maximum Gasteiger partial charge on any atom is 0.330 e. The van der Waals surface area contributed by atoms with Gasteiger partial charge >= 0.3 is 11.9 Å². The van der Waals surface area contributed by atoms with Crippen LogP contribution in [0, 0.1) is 0 Å². The van der Waals surface area contributed by atoms with Crippen LogP contribution in [0.2, 0.25) is 0 Å². The van der Waals surface area contributed by atoms with E-state index in [1.54, 1.807) is 6.92 Å². The van der Waals surface area contributed by atoms with E-state index in [4.69, 9.17) is 5.73 Å². The van der Waals surface area contributed by atoms with Crippen molar-refractivity contribution < 1.29 is 14.3 Å². The van der Waals surface area contributed by atoms with Crippen molar-refractivity contribution in [1.29, 1.82) is 0 Å². The van der Waals surface area contributed by atoms with Crippen LogP contribution in [0.5, 0.6) is 0 Å². The van der Waals surface area contributed by atoms with E-state index in [-0.39, 0.29) is 6.42 Å². The molecule has 0 spiro atoms. The van der Waals surface area contributed by atoms with Gasteiger partial charge in [0.1, 0.15) is 6.04 Å². The second-order valence-corrected chi connectivity index (χ2v) is 7.85. The summed E-state index contributed by atoms with van der Waals surface area (Å²) in [7, 11) is 0. The standard InChI is InChI=1S/C23H45NO3/c1-3-5-6-7-8-9-10-11-12-13-14-15-16-17-18-19-20-21(24)23(26)27-22(25)4-2/h21H,3-20,24H2,1-2H3. The highest BCUT2D eigenvalue weighted by Gasteiger charge is 2.17. The third kappa shape index (κ3) is 18.2. The maximum atomic E-state index is 11.5. The first-order chi connectivity index (χ1) is 13.1. The van der Waals surface area contributed by atoms with Gasteiger partial charge in [0.25, 0.3) is 0 Å². The fourth-order valence-electron chi connectivity index (χ4n) is 3.29. The Morgan fingerprint density at radius 2 is 1.04 bits per heavy atom. The Balaban J connectivity index is 3.25. The van der Waals surface area contributed by atoms with E-state index in [9.17, 15) is 9.59 Å². The number of carbonyl (C=O) groups is 2. The van der Waals surface area contributed by atoms with E-state index in [2.05, 4.69) is 11.7 Å². The number of carbonyl (C=O) groups excluding carboxylic acids is 2. The van der Waals surface area contributed by atoms with Crippen molar-refractivity contribution >= 4 is 11.9 Å². The topological polar surface area (TPSA) is 69.4 Å². The lowest BCUT2D eigenvalue weighted by Crippen LogP contribution is -2.33. The van der Waals surface area contributed by atoms with Crippen LogP contribution in [0.25, 0.3) is 0 Å². The molecular weight excluding hydrogens is 338 g/mol. The molecule has 0 aliphatic heterocycles. The Labute approximate surface area is 168 Å². The minimum atomic E-state index is -0.660. The van der Waals surface area contributed by atoms with Crippen molar-refractivity contribution in [3.63, 3.8) is 0 Å². The number of nitrogens with two attached hydrogens (primary N) is 1. The van der Waals surface area contributed by atoms with Gasteiger partial charge in [0.05, 0.1) is 0 Å². The van der Waals surface area contributed by atoms with Crippen molar-refractivity contribution in [2.45, 2.75) is 135 Å². The van der Waals surface area contributed by atoms with Crippen molar-refractivity contribution in [3.8, 4) is 0 Å². The van der Waals surface area contributed by atoms with Gasteiger partial charge in [-0.25, -0.2) is 4.79 Å². The molecular formula is C23H45NO3. The molecule has 0 aromatic carbocycles. The van der Waals surface area contributed by atoms with Crippen LogP contribution >= 0.6 is 0 Å². The molecule has 0 fully saturated rings. The lowest BCUT2D eigenvalue weighted by molar-refractivity contribution is -0.160. The van der Waals surface area contributed by atoms with E-state index in [0.29, 0.717) is 6.42 Å². The van der Waals surface area contributed by atoms with Crippen molar-refractivity contribution in [2.24, 2.45) is 5.73 Å². The summed E-state index contributed by atoms with van der Waals surface area (Å²) in [5.74, 6) is -1.08. The van der Waals surface area contributed by atoms with Gasteiger partial charge < -0.3 is 10.5 Å². The summed E-state index contributed by atoms with van der Waals surface area (Å²) in [4.78, 5) is 22.6. The Hall–Kier alpha value is -0.900. The second kappa shape index (κ2) is 19.9. The molecule has 27 heavy (non-hydrogen) atoms. The molecule has 0 aliphatic rings. The molecule has 1 unspecified atom stereocenters. The van der Waals surface area contributed by atoms with E-state index in [1.165, 1.54) is 89.9 Å². The average Bonchev–Trinajstić information content (AvgIpc) is 2.67. The Bertz CT molecular complexity index is 358. The van der Waals surface area contributed by atoms with Crippen molar-refractivity contribution in [1.82, 2.24) is 0 Å². The zero-order chi connectivity index (χ0) is 20.2. The summed E-state index contributed by atoms with van der Waals surface area (Å²) in [6.07, 6.45) is 22.0. The molecule has 0 aromatic heterocycles. The highest BCUT2D eigenvalue weighted by atomic mass is 16.6. The third-order valence-corrected chi connectivity index (χ3v) is 5.17. The second-order valence-electron chi connectivity index (χ2n) is 7.85. The van der Waals surface area contributed by atoms with Crippen LogP contribution < -0.4 is 5.73 Å². The Morgan fingerprint density at radius 1 is 0.667 bits per heavy atom. The highest BCUT2D eigenvalue weighted by Crippen LogP contribution is 2.14. The summed E-state index contributed by atoms with van der Waals surface area (Å²) in [6, 6.07) is -0.660. The molecule has 160 valence electrons. The molecule has 0 saturated heterocycles. The Morgan fingerprint density at radius 3 is 1.41 bits per heavy atom. The molecule has 0 aromatic rings. The van der Waals surface area contributed by atoms with E-state index >= 15 is 0 Å². The molecule has 0 saturated carbocycles. The first kappa shape index (κ1) is 26.1. The molecule has 0 aliphatic carbocycles. The zero-order valence-corrected chi connectivity index (χ0v) is 18.1. The lowest BCUT2D eigenvalue weighted by Gasteiger charge is -2.09. The number of rotatable bonds is 19. The Kier molecular flexibility index (Phi) is 19.2. The van der Waals surface area contributed by atoms with Gasteiger partial charge in [-0.15, -0.1) is 0 Å². The fraction of sp³-hybridized carbons (Fsp3) is 0.913. The third-order valence-electron chi connectivity index (χ3n) is 5.17. The minimum Gasteiger partial charge on any atom is -0.392 e. The van der Waals surface area contributed by atoms with Gasteiger partial charge in [-0.05, 0) is 6.42 Å². The fourth-order valence-corrected chi connectivity index (χ4v) is 3.29. The van der Waals surface area contributed by atoms with Crippen molar-refractivity contribution in [3.05, 3.63) is 0 Å². The number of hydrogen-bond donors (Lipinski definition) is 1. The van der Waals surface area contributed by atoms with Crippen molar-refractivity contribution in [2.75, 3.05) is 0 Å². The smallest absolute Gasteiger partial charge is 0.330 e. The molecule has 0 heterocycles. The molecule has 0 amide bonds. The number of esters is 2. The van der Waals surface area contributed by atoms with Crippen LogP contribution in [0.1, 0.15) is 129 Å². The predicted octanol–water partition coefficient (Wildman–Crippen LogP) is 6.45. The molecule has 4 nitrogen and oxygen atoms in total. The average molecular weight is 384 g/mol. The molecule has 1 atom stereocenters. The van der Waals surface area contributed by atoms with Gasteiger partial charge in [-0.1, -0.05) is 117 Å². The SMILES string of the molecule is CCCCCCCCCCCCCCCCCCC(N)C(=O)OC(=O)CC. The first-order valence-corrected chi connectivity index (χ1v) is 11.6. The summed E-state index contributed by atoms with van der Waals surface area (Å²) >= 11 is 0. The van der Waals surface area contributed by atoms with Crippen LogP contribution in [0.15, 0.2) is 0 Å². The maximum absolute atomic E-state index is 11.5. The first-order valence-electron chi connectivity index (χ1n) is 11.6. The monoisotopic (exact) mass is 383 g/mol. The van der Waals surface area contributed by atoms with Crippen LogP contribution in [0.4, 0.5) is 0 Å². The van der Waals surface area contributed by atoms with Crippen LogP contribution in [0.3, 0.4) is 0 Å². The van der Waals surface area contributed by atoms with Crippen LogP contribution in [-0.2, 0) is 14.3 Å². The number of ether oxygens (including phenoxy) is 1. The van der Waals surface area contributed by atoms with Gasteiger partial charge in [-0.2, -0.15) is 0 Å². The van der Waals surface area contributed by atoms with Gasteiger partial charge in [0.15, 0.2) is 0 Å². The molecule has 4 heteroatoms. The normalized spacial score (nSPS) is 12.1. The van der Waals surface area contributed by atoms with E-state index in [1.807, 2.05) is 0 Å². The molecule has 0 rings (SSSR count). The quantitative estimate of drug-likeness (QED) is 0.158. The lowest BCUT2D eigenvalue weighted by atomic mass is 10.0. The number of hydrogen-bond acceptors (Lipinski definition) is 4. The van der Waals surface area contributed by atoms with Crippen LogP contribution in [-0.4, -0.2) is 18.0 Å². The van der Waals surface area contributed by atoms with Gasteiger partial charge in [0.2, 0.25) is 0 Å². The minimum absolute atomic E-state index is 0.206. The molecule has 0 bridgehead atoms. The predicted molar refractivity (Wildman–Crippen MR) is 114 cm³/mol. The van der Waals surface area contributed by atoms with Gasteiger partial charge in [-0.3, -0.25) is 4.79 Å². The summed E-state index contributed by atoms with van der Waals surface area (Å²) in [5.41, 5.74) is 5.75. The van der Waals surface area contributed by atoms with E-state index in [0.717, 1.165) is 12.8 Å². The van der Waals surface area contributed by atoms with E-state index < -0.39 is 18.0 Å².